The molecule has 1 atom stereocenters. The van der Waals surface area contributed by atoms with Crippen molar-refractivity contribution in [1.29, 1.82) is 0 Å². The van der Waals surface area contributed by atoms with E-state index in [1.165, 1.54) is 18.3 Å². The van der Waals surface area contributed by atoms with E-state index in [2.05, 4.69) is 20.0 Å². The van der Waals surface area contributed by atoms with E-state index in [-0.39, 0.29) is 0 Å². The lowest BCUT2D eigenvalue weighted by Crippen LogP contribution is -2.49. The molecular formula is C10H13N5. The predicted octanol–water partition coefficient (Wildman–Crippen LogP) is 0.921. The number of allylic oxidation sites excluding steroid dienone is 1. The molecule has 0 amide bonds. The van der Waals surface area contributed by atoms with Crippen LogP contribution in [0, 0.1) is 0 Å². The van der Waals surface area contributed by atoms with Crippen LogP contribution in [0.15, 0.2) is 31.6 Å². The van der Waals surface area contributed by atoms with Gasteiger partial charge < -0.3 is 5.73 Å². The van der Waals surface area contributed by atoms with Gasteiger partial charge in [-0.2, -0.15) is 0 Å². The van der Waals surface area contributed by atoms with Gasteiger partial charge >= 0.3 is 0 Å². The van der Waals surface area contributed by atoms with Crippen molar-refractivity contribution in [3.8, 4) is 0 Å². The molecule has 2 rings (SSSR count). The minimum atomic E-state index is -0.801. The average Bonchev–Trinajstić information content (AvgIpc) is 2.65. The molecule has 0 spiro atoms. The Balaban J connectivity index is 2.27. The molecule has 2 aliphatic heterocycles. The Bertz CT molecular complexity index is 423. The van der Waals surface area contributed by atoms with Crippen molar-refractivity contribution >= 4 is 24.2 Å². The van der Waals surface area contributed by atoms with E-state index in [1.807, 2.05) is 19.9 Å². The van der Waals surface area contributed by atoms with E-state index in [9.17, 15) is 0 Å². The zero-order valence-electron chi connectivity index (χ0n) is 8.81. The van der Waals surface area contributed by atoms with E-state index < -0.39 is 5.66 Å². The lowest BCUT2D eigenvalue weighted by molar-refractivity contribution is 0.609. The standard InChI is InChI=1S/C10H13N5/c1-7(2)3-4-10(11)8-9(13-5-12-8)14-6-15-10/h3,5-6H,4,11H2,1-2H3. The second-order valence-corrected chi connectivity index (χ2v) is 3.83. The van der Waals surface area contributed by atoms with E-state index >= 15 is 0 Å². The van der Waals surface area contributed by atoms with Crippen molar-refractivity contribution in [3.05, 3.63) is 11.6 Å². The van der Waals surface area contributed by atoms with Gasteiger partial charge in [0.05, 0.1) is 0 Å². The number of rotatable bonds is 2. The summed E-state index contributed by atoms with van der Waals surface area (Å²) in [5.41, 5.74) is 7.22. The SMILES string of the molecule is CC(C)=CCC1(N)N=CN=C2N=CN=C21. The fourth-order valence-electron chi connectivity index (χ4n) is 1.42. The summed E-state index contributed by atoms with van der Waals surface area (Å²) in [6.45, 7) is 4.05. The van der Waals surface area contributed by atoms with Crippen LogP contribution in [0.25, 0.3) is 0 Å². The number of fused-ring (bicyclic) bond motifs is 1. The van der Waals surface area contributed by atoms with E-state index in [1.54, 1.807) is 0 Å². The van der Waals surface area contributed by atoms with Crippen molar-refractivity contribution in [1.82, 2.24) is 0 Å². The predicted molar refractivity (Wildman–Crippen MR) is 62.8 cm³/mol. The fourth-order valence-corrected chi connectivity index (χ4v) is 1.42. The van der Waals surface area contributed by atoms with Gasteiger partial charge in [0.2, 0.25) is 0 Å². The molecule has 1 unspecified atom stereocenters. The highest BCUT2D eigenvalue weighted by Crippen LogP contribution is 2.19. The molecule has 0 aromatic heterocycles. The summed E-state index contributed by atoms with van der Waals surface area (Å²) >= 11 is 0. The van der Waals surface area contributed by atoms with Gasteiger partial charge in [-0.25, -0.2) is 20.0 Å². The molecule has 0 saturated heterocycles. The lowest BCUT2D eigenvalue weighted by atomic mass is 9.98. The minimum absolute atomic E-state index is 0.578. The Hall–Kier alpha value is -1.62. The van der Waals surface area contributed by atoms with Gasteiger partial charge in [0.15, 0.2) is 11.5 Å². The maximum atomic E-state index is 6.16. The molecule has 2 heterocycles. The molecule has 0 saturated carbocycles. The Morgan fingerprint density at radius 1 is 1.40 bits per heavy atom. The van der Waals surface area contributed by atoms with Crippen LogP contribution in [0.3, 0.4) is 0 Å². The molecule has 5 heteroatoms. The highest BCUT2D eigenvalue weighted by Gasteiger charge is 2.36. The zero-order valence-corrected chi connectivity index (χ0v) is 8.81. The van der Waals surface area contributed by atoms with E-state index in [4.69, 9.17) is 5.73 Å². The van der Waals surface area contributed by atoms with Crippen LogP contribution < -0.4 is 5.73 Å². The van der Waals surface area contributed by atoms with Crippen LogP contribution in [0.5, 0.6) is 0 Å². The summed E-state index contributed by atoms with van der Waals surface area (Å²) < 4.78 is 0. The number of aliphatic imine (C=N–C) groups is 4. The lowest BCUT2D eigenvalue weighted by Gasteiger charge is -2.25. The summed E-state index contributed by atoms with van der Waals surface area (Å²) in [6, 6.07) is 0. The Labute approximate surface area is 88.2 Å². The van der Waals surface area contributed by atoms with Crippen LogP contribution in [-0.4, -0.2) is 29.9 Å². The van der Waals surface area contributed by atoms with Crippen LogP contribution in [0.1, 0.15) is 20.3 Å². The third-order valence-corrected chi connectivity index (χ3v) is 2.28. The monoisotopic (exact) mass is 203 g/mol. The van der Waals surface area contributed by atoms with Crippen LogP contribution in [0.4, 0.5) is 0 Å². The van der Waals surface area contributed by atoms with Gasteiger partial charge in [-0.1, -0.05) is 11.6 Å². The Morgan fingerprint density at radius 3 is 2.93 bits per heavy atom. The fraction of sp³-hybridized carbons (Fsp3) is 0.400. The topological polar surface area (TPSA) is 75.5 Å². The van der Waals surface area contributed by atoms with Crippen molar-refractivity contribution in [3.63, 3.8) is 0 Å². The molecule has 0 aliphatic carbocycles. The second-order valence-electron chi connectivity index (χ2n) is 3.83. The number of hydrogen-bond acceptors (Lipinski definition) is 5. The van der Waals surface area contributed by atoms with Crippen molar-refractivity contribution in [2.24, 2.45) is 25.7 Å². The zero-order chi connectivity index (χ0) is 10.9. The number of amidine groups is 1. The summed E-state index contributed by atoms with van der Waals surface area (Å²) in [6.07, 6.45) is 5.58. The first kappa shape index (κ1) is 9.92. The molecule has 15 heavy (non-hydrogen) atoms. The van der Waals surface area contributed by atoms with Crippen molar-refractivity contribution in [2.45, 2.75) is 25.9 Å². The molecule has 0 aromatic carbocycles. The maximum Gasteiger partial charge on any atom is 0.180 e. The molecule has 78 valence electrons. The molecule has 0 fully saturated rings. The summed E-state index contributed by atoms with van der Waals surface area (Å²) in [4.78, 5) is 16.3. The van der Waals surface area contributed by atoms with Gasteiger partial charge in [-0.05, 0) is 13.8 Å². The van der Waals surface area contributed by atoms with Gasteiger partial charge in [0.25, 0.3) is 0 Å². The first-order valence-electron chi connectivity index (χ1n) is 4.77. The van der Waals surface area contributed by atoms with E-state index in [0.29, 0.717) is 18.0 Å². The largest absolute Gasteiger partial charge is 0.302 e. The highest BCUT2D eigenvalue weighted by molar-refractivity contribution is 6.50. The van der Waals surface area contributed by atoms with Crippen LogP contribution >= 0.6 is 0 Å². The van der Waals surface area contributed by atoms with Gasteiger partial charge in [0.1, 0.15) is 18.4 Å². The van der Waals surface area contributed by atoms with Crippen molar-refractivity contribution in [2.75, 3.05) is 0 Å². The first-order chi connectivity index (χ1) is 7.12. The van der Waals surface area contributed by atoms with E-state index in [0.717, 1.165) is 0 Å². The number of hydrogen-bond donors (Lipinski definition) is 1. The number of nitrogens with zero attached hydrogens (tertiary/aromatic N) is 4. The quantitative estimate of drug-likeness (QED) is 0.666. The molecule has 0 radical (unpaired) electrons. The van der Waals surface area contributed by atoms with Gasteiger partial charge in [-0.3, -0.25) is 0 Å². The second kappa shape index (κ2) is 3.51. The summed E-state index contributed by atoms with van der Waals surface area (Å²) in [5, 5.41) is 0. The third-order valence-electron chi connectivity index (χ3n) is 2.28. The molecular weight excluding hydrogens is 190 g/mol. The molecule has 5 nitrogen and oxygen atoms in total. The number of nitrogens with two attached hydrogens (primary N) is 1. The summed E-state index contributed by atoms with van der Waals surface area (Å²) in [7, 11) is 0. The smallest absolute Gasteiger partial charge is 0.180 e. The first-order valence-corrected chi connectivity index (χ1v) is 4.77. The summed E-state index contributed by atoms with van der Waals surface area (Å²) in [5.74, 6) is 0.578. The molecule has 2 aliphatic rings. The normalized spacial score (nSPS) is 27.1. The highest BCUT2D eigenvalue weighted by atomic mass is 15.2. The molecule has 2 N–H and O–H groups in total. The molecule has 0 aromatic rings. The van der Waals surface area contributed by atoms with Crippen molar-refractivity contribution < 1.29 is 0 Å². The van der Waals surface area contributed by atoms with Crippen LogP contribution in [-0.2, 0) is 0 Å². The van der Waals surface area contributed by atoms with Gasteiger partial charge in [0, 0.05) is 6.42 Å². The van der Waals surface area contributed by atoms with Crippen LogP contribution in [0.2, 0.25) is 0 Å². The Kier molecular flexibility index (Phi) is 2.32. The maximum absolute atomic E-state index is 6.16. The third kappa shape index (κ3) is 1.78. The molecule has 0 bridgehead atoms. The average molecular weight is 203 g/mol. The van der Waals surface area contributed by atoms with Gasteiger partial charge in [-0.15, -0.1) is 0 Å². The minimum Gasteiger partial charge on any atom is -0.302 e. The Morgan fingerprint density at radius 2 is 2.20 bits per heavy atom.